The summed E-state index contributed by atoms with van der Waals surface area (Å²) >= 11 is 2.47. The molecule has 0 aliphatic carbocycles. The number of hydrogen-bond donors (Lipinski definition) is 1. The maximum Gasteiger partial charge on any atom is 0.257 e. The molecule has 4 nitrogen and oxygen atoms in total. The third kappa shape index (κ3) is 4.61. The van der Waals surface area contributed by atoms with Crippen molar-refractivity contribution in [3.63, 3.8) is 0 Å². The van der Waals surface area contributed by atoms with E-state index in [9.17, 15) is 13.6 Å². The van der Waals surface area contributed by atoms with Crippen LogP contribution in [0.3, 0.4) is 0 Å². The van der Waals surface area contributed by atoms with Crippen molar-refractivity contribution in [3.8, 4) is 0 Å². The molecule has 0 unspecified atom stereocenters. The van der Waals surface area contributed by atoms with Crippen LogP contribution in [0.25, 0.3) is 0 Å². The van der Waals surface area contributed by atoms with Gasteiger partial charge in [0.05, 0.1) is 0 Å². The van der Waals surface area contributed by atoms with Crippen LogP contribution in [0.4, 0.5) is 13.9 Å². The van der Waals surface area contributed by atoms with Crippen molar-refractivity contribution >= 4 is 34.1 Å². The molecule has 0 saturated heterocycles. The molecule has 0 aliphatic heterocycles. The molecule has 0 spiro atoms. The molecule has 0 aliphatic rings. The van der Waals surface area contributed by atoms with E-state index >= 15 is 0 Å². The molecule has 1 N–H and O–H groups in total. The Morgan fingerprint density at radius 2 is 1.92 bits per heavy atom. The summed E-state index contributed by atoms with van der Waals surface area (Å²) in [6.07, 6.45) is 0. The molecule has 1 amide bonds. The Morgan fingerprint density at radius 3 is 2.64 bits per heavy atom. The fourth-order valence-corrected chi connectivity index (χ4v) is 3.70. The average Bonchev–Trinajstić information content (AvgIpc) is 3.02. The van der Waals surface area contributed by atoms with Crippen LogP contribution in [-0.4, -0.2) is 16.1 Å². The number of halogens is 2. The van der Waals surface area contributed by atoms with E-state index in [1.165, 1.54) is 35.2 Å². The van der Waals surface area contributed by atoms with Crippen LogP contribution in [0.15, 0.2) is 46.8 Å². The molecule has 3 aromatic rings. The summed E-state index contributed by atoms with van der Waals surface area (Å²) in [7, 11) is 0. The zero-order valence-corrected chi connectivity index (χ0v) is 14.8. The summed E-state index contributed by atoms with van der Waals surface area (Å²) in [4.78, 5) is 12.1. The molecule has 2 aromatic carbocycles. The molecule has 8 heteroatoms. The number of rotatable bonds is 5. The predicted octanol–water partition coefficient (Wildman–Crippen LogP) is 4.67. The second-order valence-corrected chi connectivity index (χ2v) is 7.42. The Morgan fingerprint density at radius 1 is 1.16 bits per heavy atom. The van der Waals surface area contributed by atoms with Gasteiger partial charge in [0, 0.05) is 17.4 Å². The lowest BCUT2D eigenvalue weighted by atomic mass is 10.1. The Labute approximate surface area is 151 Å². The summed E-state index contributed by atoms with van der Waals surface area (Å²) in [5.41, 5.74) is 1.98. The van der Waals surface area contributed by atoms with Crippen LogP contribution >= 0.6 is 23.1 Å². The second-order valence-electron chi connectivity index (χ2n) is 5.22. The largest absolute Gasteiger partial charge is 0.296 e. The number of aryl methyl sites for hydroxylation is 1. The van der Waals surface area contributed by atoms with Crippen molar-refractivity contribution in [2.45, 2.75) is 17.0 Å². The lowest BCUT2D eigenvalue weighted by Gasteiger charge is -2.01. The Kier molecular flexibility index (Phi) is 5.40. The SMILES string of the molecule is Cc1ccc(C(=O)Nc2nnc(SCc3ccc(F)cc3F)s2)cc1. The van der Waals surface area contributed by atoms with Gasteiger partial charge in [-0.15, -0.1) is 10.2 Å². The van der Waals surface area contributed by atoms with Gasteiger partial charge in [-0.1, -0.05) is 46.9 Å². The van der Waals surface area contributed by atoms with E-state index in [0.717, 1.165) is 11.6 Å². The third-order valence-corrected chi connectivity index (χ3v) is 5.33. The van der Waals surface area contributed by atoms with Crippen LogP contribution in [0, 0.1) is 18.6 Å². The Balaban J connectivity index is 1.60. The fourth-order valence-electron chi connectivity index (χ4n) is 1.97. The first-order chi connectivity index (χ1) is 12.0. The van der Waals surface area contributed by atoms with Crippen molar-refractivity contribution in [1.82, 2.24) is 10.2 Å². The highest BCUT2D eigenvalue weighted by Crippen LogP contribution is 2.29. The number of benzene rings is 2. The quantitative estimate of drug-likeness (QED) is 0.519. The first kappa shape index (κ1) is 17.5. The molecule has 0 saturated carbocycles. The maximum atomic E-state index is 13.6. The number of hydrogen-bond acceptors (Lipinski definition) is 5. The van der Waals surface area contributed by atoms with Gasteiger partial charge in [0.25, 0.3) is 5.91 Å². The van der Waals surface area contributed by atoms with Gasteiger partial charge in [0.2, 0.25) is 5.13 Å². The lowest BCUT2D eigenvalue weighted by Crippen LogP contribution is -2.11. The van der Waals surface area contributed by atoms with E-state index in [4.69, 9.17) is 0 Å². The third-order valence-electron chi connectivity index (χ3n) is 3.31. The Bertz CT molecular complexity index is 897. The summed E-state index contributed by atoms with van der Waals surface area (Å²) in [6, 6.07) is 10.6. The molecule has 0 radical (unpaired) electrons. The number of aromatic nitrogens is 2. The van der Waals surface area contributed by atoms with Gasteiger partial charge in [0.15, 0.2) is 4.34 Å². The number of carbonyl (C=O) groups is 1. The number of thioether (sulfide) groups is 1. The van der Waals surface area contributed by atoms with Crippen LogP contribution in [0.1, 0.15) is 21.5 Å². The van der Waals surface area contributed by atoms with Gasteiger partial charge in [-0.2, -0.15) is 0 Å². The van der Waals surface area contributed by atoms with Crippen LogP contribution in [0.5, 0.6) is 0 Å². The van der Waals surface area contributed by atoms with Gasteiger partial charge in [-0.05, 0) is 30.7 Å². The molecule has 25 heavy (non-hydrogen) atoms. The normalized spacial score (nSPS) is 10.7. The zero-order valence-electron chi connectivity index (χ0n) is 13.1. The maximum absolute atomic E-state index is 13.6. The Hall–Kier alpha value is -2.32. The topological polar surface area (TPSA) is 54.9 Å². The highest BCUT2D eigenvalue weighted by molar-refractivity contribution is 8.00. The van der Waals surface area contributed by atoms with Gasteiger partial charge in [0.1, 0.15) is 11.6 Å². The van der Waals surface area contributed by atoms with E-state index in [0.29, 0.717) is 26.4 Å². The standard InChI is InChI=1S/C17H13F2N3OS2/c1-10-2-4-11(5-3-10)15(23)20-16-21-22-17(25-16)24-9-12-6-7-13(18)8-14(12)19/h2-8H,9H2,1H3,(H,20,21,23). The van der Waals surface area contributed by atoms with Crippen LogP contribution in [-0.2, 0) is 5.75 Å². The summed E-state index contributed by atoms with van der Waals surface area (Å²) in [5.74, 6) is -1.17. The van der Waals surface area contributed by atoms with Gasteiger partial charge in [-0.25, -0.2) is 8.78 Å². The van der Waals surface area contributed by atoms with Crippen molar-refractivity contribution in [3.05, 3.63) is 70.8 Å². The van der Waals surface area contributed by atoms with E-state index in [-0.39, 0.29) is 5.91 Å². The second kappa shape index (κ2) is 7.71. The van der Waals surface area contributed by atoms with Crippen molar-refractivity contribution in [2.24, 2.45) is 0 Å². The highest BCUT2D eigenvalue weighted by Gasteiger charge is 2.11. The number of amides is 1. The number of nitrogens with zero attached hydrogens (tertiary/aromatic N) is 2. The van der Waals surface area contributed by atoms with E-state index < -0.39 is 11.6 Å². The molecular formula is C17H13F2N3OS2. The smallest absolute Gasteiger partial charge is 0.257 e. The predicted molar refractivity (Wildman–Crippen MR) is 95.0 cm³/mol. The van der Waals surface area contributed by atoms with Crippen molar-refractivity contribution < 1.29 is 13.6 Å². The summed E-state index contributed by atoms with van der Waals surface area (Å²) < 4.78 is 27.1. The minimum atomic E-state index is -0.608. The molecule has 128 valence electrons. The van der Waals surface area contributed by atoms with Crippen LogP contribution in [0.2, 0.25) is 0 Å². The summed E-state index contributed by atoms with van der Waals surface area (Å²) in [6.45, 7) is 1.94. The van der Waals surface area contributed by atoms with E-state index in [1.807, 2.05) is 19.1 Å². The van der Waals surface area contributed by atoms with Crippen LogP contribution < -0.4 is 5.32 Å². The first-order valence-electron chi connectivity index (χ1n) is 7.29. The monoisotopic (exact) mass is 377 g/mol. The molecule has 1 heterocycles. The van der Waals surface area contributed by atoms with E-state index in [2.05, 4.69) is 15.5 Å². The van der Waals surface area contributed by atoms with Gasteiger partial charge in [-0.3, -0.25) is 10.1 Å². The number of anilines is 1. The molecule has 0 bridgehead atoms. The van der Waals surface area contributed by atoms with Gasteiger partial charge < -0.3 is 0 Å². The lowest BCUT2D eigenvalue weighted by molar-refractivity contribution is 0.102. The van der Waals surface area contributed by atoms with E-state index in [1.54, 1.807) is 12.1 Å². The molecule has 0 fully saturated rings. The number of carbonyl (C=O) groups excluding carboxylic acids is 1. The molecule has 1 aromatic heterocycles. The molecule has 3 rings (SSSR count). The van der Waals surface area contributed by atoms with Crippen molar-refractivity contribution in [1.29, 1.82) is 0 Å². The minimum absolute atomic E-state index is 0.266. The molecule has 0 atom stereocenters. The zero-order chi connectivity index (χ0) is 17.8. The van der Waals surface area contributed by atoms with Gasteiger partial charge >= 0.3 is 0 Å². The fraction of sp³-hybridized carbons (Fsp3) is 0.118. The highest BCUT2D eigenvalue weighted by atomic mass is 32.2. The average molecular weight is 377 g/mol. The summed E-state index contributed by atoms with van der Waals surface area (Å²) in [5, 5.41) is 10.9. The first-order valence-corrected chi connectivity index (χ1v) is 9.10. The minimum Gasteiger partial charge on any atom is -0.296 e. The molecular weight excluding hydrogens is 364 g/mol. The number of nitrogens with one attached hydrogen (secondary N) is 1. The van der Waals surface area contributed by atoms with Crippen molar-refractivity contribution in [2.75, 3.05) is 5.32 Å².